The van der Waals surface area contributed by atoms with Crippen molar-refractivity contribution in [1.29, 1.82) is 0 Å². The molecule has 1 aliphatic heterocycles. The summed E-state index contributed by atoms with van der Waals surface area (Å²) in [5, 5.41) is 21.1. The van der Waals surface area contributed by atoms with Crippen LogP contribution in [0.15, 0.2) is 59.1 Å². The number of ketones is 1. The monoisotopic (exact) mass is 524 g/mol. The van der Waals surface area contributed by atoms with Gasteiger partial charge in [-0.15, -0.1) is 0 Å². The third-order valence-corrected chi connectivity index (χ3v) is 6.36. The van der Waals surface area contributed by atoms with Crippen LogP contribution in [0.5, 0.6) is 11.5 Å². The van der Waals surface area contributed by atoms with Crippen LogP contribution in [0.25, 0.3) is 11.0 Å². The molecule has 4 rings (SSSR count). The lowest BCUT2D eigenvalue weighted by atomic mass is 9.91. The molecule has 0 bridgehead atoms. The van der Waals surface area contributed by atoms with E-state index in [2.05, 4.69) is 23.0 Å². The molecule has 1 unspecified atom stereocenters. The van der Waals surface area contributed by atoms with E-state index in [-0.39, 0.29) is 11.8 Å². The van der Waals surface area contributed by atoms with Crippen LogP contribution in [0, 0.1) is 0 Å². The summed E-state index contributed by atoms with van der Waals surface area (Å²) >= 11 is 0. The fraction of sp³-hybridized carbons (Fsp3) is 0.357. The lowest BCUT2D eigenvalue weighted by Gasteiger charge is -2.35. The summed E-state index contributed by atoms with van der Waals surface area (Å²) < 4.78 is 16.9. The van der Waals surface area contributed by atoms with Crippen LogP contribution in [0.4, 0.5) is 0 Å². The van der Waals surface area contributed by atoms with Gasteiger partial charge in [0.25, 0.3) is 0 Å². The van der Waals surface area contributed by atoms with Crippen LogP contribution in [0.2, 0.25) is 0 Å². The Labute approximate surface area is 220 Å². The number of hydrogen-bond acceptors (Lipinski definition) is 8. The van der Waals surface area contributed by atoms with Gasteiger partial charge in [0.1, 0.15) is 6.61 Å². The van der Waals surface area contributed by atoms with Crippen molar-refractivity contribution in [2.75, 3.05) is 26.8 Å². The molecule has 2 aromatic carbocycles. The number of methoxy groups -OCH3 is 1. The Morgan fingerprint density at radius 2 is 1.74 bits per heavy atom. The molecule has 10 heteroatoms. The number of rotatable bonds is 9. The number of carboxylic acid groups (broad SMARTS) is 2. The highest BCUT2D eigenvalue weighted by Crippen LogP contribution is 2.33. The first-order chi connectivity index (χ1) is 18.2. The molecule has 10 nitrogen and oxygen atoms in total. The summed E-state index contributed by atoms with van der Waals surface area (Å²) in [7, 11) is 1.59. The number of para-hydroxylation sites is 1. The number of hydrogen-bond donors (Lipinski definition) is 2. The third-order valence-electron chi connectivity index (χ3n) is 6.36. The van der Waals surface area contributed by atoms with Crippen molar-refractivity contribution < 1.29 is 38.6 Å². The standard InChI is InChI=1S/C24H28N2O4.C4H4O4/c1-16(15-29-22-9-8-19(17(2)27)14-23(22)28-3)26-12-10-18(11-13-26)24-20-6-4-5-7-21(20)30-25-24;5-3(6)1-2-4(7)8/h4-9,14,16,18H,10-13,15H2,1-3H3;1-2H,(H,5,6)(H,7,8)/b;2-1+. The number of likely N-dealkylation sites (tertiary alicyclic amines) is 1. The van der Waals surface area contributed by atoms with Gasteiger partial charge in [-0.1, -0.05) is 17.3 Å². The molecular formula is C28H32N2O8. The molecule has 2 heterocycles. The maximum atomic E-state index is 11.6. The van der Waals surface area contributed by atoms with Gasteiger partial charge in [0.05, 0.1) is 12.8 Å². The number of aromatic nitrogens is 1. The largest absolute Gasteiger partial charge is 0.493 e. The zero-order chi connectivity index (χ0) is 27.7. The van der Waals surface area contributed by atoms with Crippen molar-refractivity contribution in [3.63, 3.8) is 0 Å². The van der Waals surface area contributed by atoms with E-state index < -0.39 is 11.9 Å². The number of fused-ring (bicyclic) bond motifs is 1. The van der Waals surface area contributed by atoms with Gasteiger partial charge in [-0.25, -0.2) is 9.59 Å². The molecule has 202 valence electrons. The highest BCUT2D eigenvalue weighted by molar-refractivity contribution is 5.94. The van der Waals surface area contributed by atoms with Gasteiger partial charge in [-0.2, -0.15) is 0 Å². The van der Waals surface area contributed by atoms with E-state index in [1.54, 1.807) is 26.2 Å². The molecule has 0 saturated carbocycles. The Hall–Kier alpha value is -4.18. The quantitative estimate of drug-likeness (QED) is 0.306. The molecule has 1 aromatic heterocycles. The van der Waals surface area contributed by atoms with Crippen molar-refractivity contribution in [2.24, 2.45) is 0 Å². The van der Waals surface area contributed by atoms with E-state index in [9.17, 15) is 14.4 Å². The van der Waals surface area contributed by atoms with Crippen molar-refractivity contribution in [2.45, 2.75) is 38.6 Å². The second-order valence-corrected chi connectivity index (χ2v) is 8.97. The summed E-state index contributed by atoms with van der Waals surface area (Å²) in [5.74, 6) is -0.821. The van der Waals surface area contributed by atoms with E-state index in [1.807, 2.05) is 24.3 Å². The molecule has 2 N–H and O–H groups in total. The molecule has 38 heavy (non-hydrogen) atoms. The molecule has 1 fully saturated rings. The molecule has 0 radical (unpaired) electrons. The van der Waals surface area contributed by atoms with E-state index in [0.29, 0.717) is 41.7 Å². The molecule has 1 aliphatic rings. The number of carbonyl (C=O) groups is 3. The summed E-state index contributed by atoms with van der Waals surface area (Å²) in [4.78, 5) is 33.1. The zero-order valence-corrected chi connectivity index (χ0v) is 21.6. The Bertz CT molecular complexity index is 1280. The van der Waals surface area contributed by atoms with E-state index in [4.69, 9.17) is 24.2 Å². The smallest absolute Gasteiger partial charge is 0.328 e. The molecule has 1 saturated heterocycles. The molecular weight excluding hydrogens is 492 g/mol. The molecule has 0 aliphatic carbocycles. The van der Waals surface area contributed by atoms with E-state index in [0.717, 1.165) is 42.6 Å². The third kappa shape index (κ3) is 7.66. The number of nitrogens with zero attached hydrogens (tertiary/aromatic N) is 2. The number of ether oxygens (including phenoxy) is 2. The molecule has 1 atom stereocenters. The summed E-state index contributed by atoms with van der Waals surface area (Å²) in [6.45, 7) is 6.28. The maximum Gasteiger partial charge on any atom is 0.328 e. The van der Waals surface area contributed by atoms with E-state index in [1.165, 1.54) is 0 Å². The summed E-state index contributed by atoms with van der Waals surface area (Å²) in [5.41, 5.74) is 2.57. The second-order valence-electron chi connectivity index (χ2n) is 8.97. The lowest BCUT2D eigenvalue weighted by molar-refractivity contribution is -0.134. The number of aliphatic carboxylic acids is 2. The highest BCUT2D eigenvalue weighted by Gasteiger charge is 2.27. The highest BCUT2D eigenvalue weighted by atomic mass is 16.5. The van der Waals surface area contributed by atoms with Gasteiger partial charge in [-0.05, 0) is 70.1 Å². The Morgan fingerprint density at radius 1 is 1.08 bits per heavy atom. The van der Waals surface area contributed by atoms with Crippen LogP contribution >= 0.6 is 0 Å². The zero-order valence-electron chi connectivity index (χ0n) is 21.6. The Balaban J connectivity index is 0.000000436. The van der Waals surface area contributed by atoms with Gasteiger partial charge in [-0.3, -0.25) is 9.69 Å². The van der Waals surface area contributed by atoms with Crippen LogP contribution in [-0.4, -0.2) is 70.8 Å². The molecule has 3 aromatic rings. The first kappa shape index (κ1) is 28.4. The average Bonchev–Trinajstić information content (AvgIpc) is 3.35. The summed E-state index contributed by atoms with van der Waals surface area (Å²) in [6, 6.07) is 13.7. The number of benzene rings is 2. The SMILES string of the molecule is COc1cc(C(C)=O)ccc1OCC(C)N1CCC(c2noc3ccccc23)CC1.O=C(O)/C=C/C(=O)O. The Kier molecular flexibility index (Phi) is 10.0. The molecule has 0 spiro atoms. The fourth-order valence-corrected chi connectivity index (χ4v) is 4.28. The van der Waals surface area contributed by atoms with Gasteiger partial charge in [0, 0.05) is 35.1 Å². The minimum atomic E-state index is -1.26. The van der Waals surface area contributed by atoms with Crippen molar-refractivity contribution in [1.82, 2.24) is 10.1 Å². The fourth-order valence-electron chi connectivity index (χ4n) is 4.28. The number of carboxylic acids is 2. The normalized spacial score (nSPS) is 15.0. The number of piperidine rings is 1. The van der Waals surface area contributed by atoms with Crippen molar-refractivity contribution >= 4 is 28.7 Å². The van der Waals surface area contributed by atoms with Crippen molar-refractivity contribution in [3.05, 3.63) is 65.9 Å². The van der Waals surface area contributed by atoms with Crippen LogP contribution in [0.1, 0.15) is 48.7 Å². The maximum absolute atomic E-state index is 11.6. The predicted octanol–water partition coefficient (Wildman–Crippen LogP) is 4.40. The topological polar surface area (TPSA) is 139 Å². The Morgan fingerprint density at radius 3 is 2.34 bits per heavy atom. The lowest BCUT2D eigenvalue weighted by Crippen LogP contribution is -2.42. The second kappa shape index (κ2) is 13.4. The van der Waals surface area contributed by atoms with E-state index >= 15 is 0 Å². The predicted molar refractivity (Wildman–Crippen MR) is 140 cm³/mol. The number of carbonyl (C=O) groups excluding carboxylic acids is 1. The van der Waals surface area contributed by atoms with Crippen LogP contribution in [-0.2, 0) is 9.59 Å². The summed E-state index contributed by atoms with van der Waals surface area (Å²) in [6.07, 6.45) is 3.22. The first-order valence-corrected chi connectivity index (χ1v) is 12.2. The van der Waals surface area contributed by atoms with Crippen molar-refractivity contribution in [3.8, 4) is 11.5 Å². The minimum absolute atomic E-state index is 0.0102. The average molecular weight is 525 g/mol. The first-order valence-electron chi connectivity index (χ1n) is 12.2. The van der Waals surface area contributed by atoms with Crippen LogP contribution < -0.4 is 9.47 Å². The molecule has 0 amide bonds. The van der Waals surface area contributed by atoms with Gasteiger partial charge in [0.2, 0.25) is 0 Å². The van der Waals surface area contributed by atoms with Gasteiger partial charge in [0.15, 0.2) is 22.9 Å². The van der Waals surface area contributed by atoms with Gasteiger partial charge >= 0.3 is 11.9 Å². The number of Topliss-reactive ketones (excluding diaryl/α,β-unsaturated/α-hetero) is 1. The van der Waals surface area contributed by atoms with Gasteiger partial charge < -0.3 is 24.2 Å². The minimum Gasteiger partial charge on any atom is -0.493 e. The van der Waals surface area contributed by atoms with Crippen LogP contribution in [0.3, 0.4) is 0 Å².